The van der Waals surface area contributed by atoms with E-state index in [0.717, 1.165) is 28.9 Å². The summed E-state index contributed by atoms with van der Waals surface area (Å²) in [6, 6.07) is 25.0. The molecule has 0 unspecified atom stereocenters. The fourth-order valence-electron chi connectivity index (χ4n) is 3.69. The minimum Gasteiger partial charge on any atom is -0.491 e. The molecule has 0 aliphatic heterocycles. The van der Waals surface area contributed by atoms with Crippen LogP contribution in [0.3, 0.4) is 0 Å². The number of benzene rings is 3. The Balaban J connectivity index is 1.78. The van der Waals surface area contributed by atoms with E-state index in [1.165, 1.54) is 0 Å². The standard InChI is InChI=1S/C29H31N3O2/c1-4-7-28(31)27(29(33)32-24-14-16-25(17-15-24)34-20(2)3)18-21-10-12-22(13-11-21)26-9-6-5-8-23(26)19-30/h5-6,8-17,20H,4,7,18,31H2,1-3H3,(H,32,33)/b28-27-. The van der Waals surface area contributed by atoms with Crippen molar-refractivity contribution in [1.29, 1.82) is 5.26 Å². The van der Waals surface area contributed by atoms with Crippen molar-refractivity contribution in [2.75, 3.05) is 5.32 Å². The van der Waals surface area contributed by atoms with Crippen LogP contribution in [0.4, 0.5) is 5.69 Å². The number of nitriles is 1. The Morgan fingerprint density at radius 2 is 1.71 bits per heavy atom. The Kier molecular flexibility index (Phi) is 8.48. The summed E-state index contributed by atoms with van der Waals surface area (Å²) in [6.07, 6.45) is 2.01. The van der Waals surface area contributed by atoms with Gasteiger partial charge in [-0.25, -0.2) is 0 Å². The monoisotopic (exact) mass is 453 g/mol. The molecule has 0 bridgehead atoms. The van der Waals surface area contributed by atoms with Crippen LogP contribution in [0.5, 0.6) is 5.75 Å². The van der Waals surface area contributed by atoms with Crippen LogP contribution in [0.2, 0.25) is 0 Å². The summed E-state index contributed by atoms with van der Waals surface area (Å²) in [5.74, 6) is 0.551. The van der Waals surface area contributed by atoms with Crippen LogP contribution < -0.4 is 15.8 Å². The maximum Gasteiger partial charge on any atom is 0.253 e. The highest BCUT2D eigenvalue weighted by Crippen LogP contribution is 2.25. The van der Waals surface area contributed by atoms with Crippen molar-refractivity contribution < 1.29 is 9.53 Å². The van der Waals surface area contributed by atoms with E-state index >= 15 is 0 Å². The fraction of sp³-hybridized carbons (Fsp3) is 0.241. The Bertz CT molecular complexity index is 1190. The molecule has 0 spiro atoms. The molecule has 1 amide bonds. The van der Waals surface area contributed by atoms with Crippen LogP contribution in [0.1, 0.15) is 44.7 Å². The number of allylic oxidation sites excluding steroid dienone is 1. The molecule has 0 aliphatic carbocycles. The van der Waals surface area contributed by atoms with Crippen LogP contribution in [-0.2, 0) is 11.2 Å². The minimum absolute atomic E-state index is 0.0867. The number of ether oxygens (including phenoxy) is 1. The molecule has 3 N–H and O–H groups in total. The van der Waals surface area contributed by atoms with Gasteiger partial charge in [-0.3, -0.25) is 4.79 Å². The molecular formula is C29H31N3O2. The van der Waals surface area contributed by atoms with E-state index in [1.54, 1.807) is 6.07 Å². The van der Waals surface area contributed by atoms with Crippen LogP contribution in [0, 0.1) is 11.3 Å². The summed E-state index contributed by atoms with van der Waals surface area (Å²) in [5, 5.41) is 12.3. The number of hydrogen-bond donors (Lipinski definition) is 2. The van der Waals surface area contributed by atoms with Gasteiger partial charge in [0.05, 0.1) is 17.7 Å². The van der Waals surface area contributed by atoms with Gasteiger partial charge in [0.25, 0.3) is 5.91 Å². The highest BCUT2D eigenvalue weighted by atomic mass is 16.5. The smallest absolute Gasteiger partial charge is 0.253 e. The van der Waals surface area contributed by atoms with Gasteiger partial charge in [-0.1, -0.05) is 55.8 Å². The number of nitrogens with zero attached hydrogens (tertiary/aromatic N) is 1. The normalized spacial score (nSPS) is 11.5. The number of carbonyl (C=O) groups excluding carboxylic acids is 1. The van der Waals surface area contributed by atoms with Crippen molar-refractivity contribution in [2.24, 2.45) is 5.73 Å². The number of amides is 1. The van der Waals surface area contributed by atoms with Crippen LogP contribution in [-0.4, -0.2) is 12.0 Å². The summed E-state index contributed by atoms with van der Waals surface area (Å²) in [7, 11) is 0. The predicted molar refractivity (Wildman–Crippen MR) is 137 cm³/mol. The van der Waals surface area contributed by atoms with Crippen LogP contribution in [0.15, 0.2) is 84.1 Å². The van der Waals surface area contributed by atoms with E-state index in [1.807, 2.05) is 87.5 Å². The highest BCUT2D eigenvalue weighted by molar-refractivity contribution is 6.04. The first kappa shape index (κ1) is 24.6. The van der Waals surface area contributed by atoms with Crippen molar-refractivity contribution in [2.45, 2.75) is 46.1 Å². The molecule has 0 heterocycles. The lowest BCUT2D eigenvalue weighted by Gasteiger charge is -2.14. The maximum atomic E-state index is 13.2. The average Bonchev–Trinajstić information content (AvgIpc) is 2.84. The molecule has 5 nitrogen and oxygen atoms in total. The maximum absolute atomic E-state index is 13.2. The second-order valence-corrected chi connectivity index (χ2v) is 8.43. The molecule has 0 aliphatic rings. The third kappa shape index (κ3) is 6.49. The van der Waals surface area contributed by atoms with Gasteiger partial charge in [0, 0.05) is 23.4 Å². The van der Waals surface area contributed by atoms with E-state index in [0.29, 0.717) is 35.4 Å². The lowest BCUT2D eigenvalue weighted by atomic mass is 9.96. The Hall–Kier alpha value is -4.04. The number of nitrogens with one attached hydrogen (secondary N) is 1. The van der Waals surface area contributed by atoms with Crippen LogP contribution >= 0.6 is 0 Å². The van der Waals surface area contributed by atoms with Gasteiger partial charge in [0.2, 0.25) is 0 Å². The molecule has 0 radical (unpaired) electrons. The Morgan fingerprint density at radius 1 is 1.03 bits per heavy atom. The molecule has 0 aromatic heterocycles. The van der Waals surface area contributed by atoms with E-state index in [2.05, 4.69) is 11.4 Å². The number of rotatable bonds is 9. The highest BCUT2D eigenvalue weighted by Gasteiger charge is 2.15. The first-order valence-electron chi connectivity index (χ1n) is 11.5. The third-order valence-electron chi connectivity index (χ3n) is 5.36. The van der Waals surface area contributed by atoms with Gasteiger partial charge >= 0.3 is 0 Å². The van der Waals surface area contributed by atoms with Crippen LogP contribution in [0.25, 0.3) is 11.1 Å². The molecule has 0 fully saturated rings. The molecule has 3 rings (SSSR count). The summed E-state index contributed by atoms with van der Waals surface area (Å²) in [5.41, 5.74) is 11.6. The van der Waals surface area contributed by atoms with E-state index < -0.39 is 0 Å². The number of nitrogens with two attached hydrogens (primary N) is 1. The lowest BCUT2D eigenvalue weighted by molar-refractivity contribution is -0.113. The molecule has 34 heavy (non-hydrogen) atoms. The van der Waals surface area contributed by atoms with E-state index in [-0.39, 0.29) is 12.0 Å². The number of anilines is 1. The molecule has 3 aromatic carbocycles. The molecule has 0 atom stereocenters. The van der Waals surface area contributed by atoms with Crippen molar-refractivity contribution in [3.8, 4) is 22.9 Å². The summed E-state index contributed by atoms with van der Waals surface area (Å²) >= 11 is 0. The molecule has 174 valence electrons. The van der Waals surface area contributed by atoms with Crippen molar-refractivity contribution in [1.82, 2.24) is 0 Å². The van der Waals surface area contributed by atoms with E-state index in [9.17, 15) is 10.1 Å². The fourth-order valence-corrected chi connectivity index (χ4v) is 3.69. The van der Waals surface area contributed by atoms with Gasteiger partial charge in [0.1, 0.15) is 5.75 Å². The molecule has 0 saturated carbocycles. The molecule has 3 aromatic rings. The third-order valence-corrected chi connectivity index (χ3v) is 5.36. The first-order chi connectivity index (χ1) is 16.4. The molecular weight excluding hydrogens is 422 g/mol. The predicted octanol–water partition coefficient (Wildman–Crippen LogP) is 6.21. The summed E-state index contributed by atoms with van der Waals surface area (Å²) in [6.45, 7) is 5.98. The largest absolute Gasteiger partial charge is 0.491 e. The van der Waals surface area contributed by atoms with Crippen molar-refractivity contribution in [3.05, 3.63) is 95.2 Å². The van der Waals surface area contributed by atoms with Gasteiger partial charge in [-0.2, -0.15) is 5.26 Å². The topological polar surface area (TPSA) is 88.1 Å². The van der Waals surface area contributed by atoms with Gasteiger partial charge < -0.3 is 15.8 Å². The van der Waals surface area contributed by atoms with Gasteiger partial charge in [-0.15, -0.1) is 0 Å². The quantitative estimate of drug-likeness (QED) is 0.377. The second kappa shape index (κ2) is 11.7. The average molecular weight is 454 g/mol. The Labute approximate surface area is 201 Å². The van der Waals surface area contributed by atoms with Crippen molar-refractivity contribution >= 4 is 11.6 Å². The minimum atomic E-state index is -0.206. The molecule has 5 heteroatoms. The van der Waals surface area contributed by atoms with E-state index in [4.69, 9.17) is 10.5 Å². The zero-order valence-electron chi connectivity index (χ0n) is 20.0. The van der Waals surface area contributed by atoms with Gasteiger partial charge in [0.15, 0.2) is 0 Å². The van der Waals surface area contributed by atoms with Crippen molar-refractivity contribution in [3.63, 3.8) is 0 Å². The van der Waals surface area contributed by atoms with Gasteiger partial charge in [-0.05, 0) is 67.3 Å². The zero-order valence-corrected chi connectivity index (χ0v) is 20.0. The summed E-state index contributed by atoms with van der Waals surface area (Å²) < 4.78 is 5.67. The Morgan fingerprint density at radius 3 is 2.32 bits per heavy atom. The first-order valence-corrected chi connectivity index (χ1v) is 11.5. The number of carbonyl (C=O) groups is 1. The second-order valence-electron chi connectivity index (χ2n) is 8.43. The number of hydrogen-bond acceptors (Lipinski definition) is 4. The SMILES string of the molecule is CCC/C(N)=C(\Cc1ccc(-c2ccccc2C#N)cc1)C(=O)Nc1ccc(OC(C)C)cc1. The zero-order chi connectivity index (χ0) is 24.5. The summed E-state index contributed by atoms with van der Waals surface area (Å²) in [4.78, 5) is 13.2. The lowest BCUT2D eigenvalue weighted by Crippen LogP contribution is -2.20. The molecule has 0 saturated heterocycles.